The maximum atomic E-state index is 13.5. The van der Waals surface area contributed by atoms with Crippen molar-refractivity contribution < 1.29 is 23.1 Å². The largest absolute Gasteiger partial charge is 0.487 e. The van der Waals surface area contributed by atoms with Gasteiger partial charge in [0.1, 0.15) is 18.1 Å². The molecule has 3 aromatic rings. The van der Waals surface area contributed by atoms with Crippen molar-refractivity contribution in [2.75, 3.05) is 6.54 Å². The van der Waals surface area contributed by atoms with Crippen molar-refractivity contribution in [1.82, 2.24) is 25.6 Å². The van der Waals surface area contributed by atoms with Crippen molar-refractivity contribution in [1.29, 1.82) is 0 Å². The van der Waals surface area contributed by atoms with E-state index in [2.05, 4.69) is 20.9 Å². The average molecular weight is 441 g/mol. The lowest BCUT2D eigenvalue weighted by Crippen LogP contribution is -2.27. The van der Waals surface area contributed by atoms with Crippen LogP contribution >= 0.6 is 0 Å². The highest BCUT2D eigenvalue weighted by molar-refractivity contribution is 5.94. The number of benzene rings is 2. The fraction of sp³-hybridized carbons (Fsp3) is 0.273. The van der Waals surface area contributed by atoms with Crippen LogP contribution in [0.15, 0.2) is 42.5 Å². The molecule has 1 aliphatic rings. The zero-order chi connectivity index (χ0) is 22.7. The van der Waals surface area contributed by atoms with Crippen LogP contribution in [0.1, 0.15) is 46.3 Å². The molecule has 0 radical (unpaired) electrons. The van der Waals surface area contributed by atoms with E-state index in [4.69, 9.17) is 4.74 Å². The van der Waals surface area contributed by atoms with Gasteiger partial charge in [0, 0.05) is 24.2 Å². The lowest BCUT2D eigenvalue weighted by atomic mass is 10.2. The molecule has 10 heteroatoms. The Kier molecular flexibility index (Phi) is 6.11. The molecule has 1 heterocycles. The molecule has 0 spiro atoms. The Hall–Kier alpha value is -3.82. The maximum Gasteiger partial charge on any atom is 0.274 e. The Bertz CT molecular complexity index is 1140. The van der Waals surface area contributed by atoms with Crippen LogP contribution in [0.2, 0.25) is 0 Å². The number of carbonyl (C=O) groups is 2. The average Bonchev–Trinajstić information content (AvgIpc) is 3.50. The van der Waals surface area contributed by atoms with E-state index >= 15 is 0 Å². The molecule has 32 heavy (non-hydrogen) atoms. The van der Waals surface area contributed by atoms with E-state index in [0.717, 1.165) is 25.0 Å². The van der Waals surface area contributed by atoms with Crippen LogP contribution in [0.5, 0.6) is 5.75 Å². The minimum absolute atomic E-state index is 0.0762. The molecule has 0 atom stereocenters. The summed E-state index contributed by atoms with van der Waals surface area (Å²) in [5, 5.41) is 13.7. The predicted molar refractivity (Wildman–Crippen MR) is 111 cm³/mol. The van der Waals surface area contributed by atoms with Crippen molar-refractivity contribution in [2.24, 2.45) is 0 Å². The van der Waals surface area contributed by atoms with Crippen LogP contribution in [0.25, 0.3) is 5.69 Å². The van der Waals surface area contributed by atoms with Gasteiger partial charge in [0.25, 0.3) is 11.8 Å². The van der Waals surface area contributed by atoms with Gasteiger partial charge >= 0.3 is 0 Å². The highest BCUT2D eigenvalue weighted by Gasteiger charge is 2.28. The van der Waals surface area contributed by atoms with Gasteiger partial charge in [-0.25, -0.2) is 13.5 Å². The molecule has 166 valence electrons. The third kappa shape index (κ3) is 4.74. The number of aromatic nitrogens is 3. The first-order valence-corrected chi connectivity index (χ1v) is 10.2. The summed E-state index contributed by atoms with van der Waals surface area (Å²) in [5.41, 5.74) is 1.44. The van der Waals surface area contributed by atoms with Crippen LogP contribution in [0.4, 0.5) is 8.78 Å². The molecule has 1 fully saturated rings. The Labute approximate surface area is 182 Å². The van der Waals surface area contributed by atoms with Crippen molar-refractivity contribution in [3.05, 3.63) is 71.1 Å². The lowest BCUT2D eigenvalue weighted by Gasteiger charge is -2.11. The summed E-state index contributed by atoms with van der Waals surface area (Å²) >= 11 is 0. The van der Waals surface area contributed by atoms with E-state index in [1.807, 2.05) is 6.92 Å². The lowest BCUT2D eigenvalue weighted by molar-refractivity contribution is 0.0939. The third-order valence-electron chi connectivity index (χ3n) is 4.87. The summed E-state index contributed by atoms with van der Waals surface area (Å²) in [4.78, 5) is 24.6. The molecule has 2 amide bonds. The zero-order valence-corrected chi connectivity index (χ0v) is 17.3. The van der Waals surface area contributed by atoms with E-state index in [9.17, 15) is 18.4 Å². The second-order valence-electron chi connectivity index (χ2n) is 7.32. The molecule has 0 saturated heterocycles. The number of carbonyl (C=O) groups excluding carboxylic acids is 2. The monoisotopic (exact) mass is 441 g/mol. The van der Waals surface area contributed by atoms with Crippen LogP contribution in [-0.2, 0) is 6.61 Å². The number of ether oxygens (including phenoxy) is 1. The first-order valence-electron chi connectivity index (χ1n) is 10.2. The first kappa shape index (κ1) is 21.4. The third-order valence-corrected chi connectivity index (χ3v) is 4.87. The molecular weight excluding hydrogens is 420 g/mol. The summed E-state index contributed by atoms with van der Waals surface area (Å²) in [6.07, 6.45) is 1.81. The van der Waals surface area contributed by atoms with E-state index in [-0.39, 0.29) is 35.9 Å². The number of nitrogens with one attached hydrogen (secondary N) is 2. The van der Waals surface area contributed by atoms with Crippen molar-refractivity contribution in [3.8, 4) is 11.4 Å². The van der Waals surface area contributed by atoms with Gasteiger partial charge in [-0.05, 0) is 56.2 Å². The molecular formula is C22H21F2N5O3. The summed E-state index contributed by atoms with van der Waals surface area (Å²) in [6, 6.07) is 9.89. The highest BCUT2D eigenvalue weighted by atomic mass is 19.2. The number of nitrogens with zero attached hydrogens (tertiary/aromatic N) is 3. The molecule has 0 bridgehead atoms. The summed E-state index contributed by atoms with van der Waals surface area (Å²) < 4.78 is 33.7. The van der Waals surface area contributed by atoms with E-state index in [0.29, 0.717) is 23.5 Å². The molecule has 1 aliphatic carbocycles. The number of hydrogen-bond donors (Lipinski definition) is 2. The molecule has 8 nitrogen and oxygen atoms in total. The van der Waals surface area contributed by atoms with Gasteiger partial charge in [0.2, 0.25) is 0 Å². The predicted octanol–water partition coefficient (Wildman–Crippen LogP) is 2.77. The van der Waals surface area contributed by atoms with Crippen molar-refractivity contribution in [2.45, 2.75) is 32.4 Å². The minimum Gasteiger partial charge on any atom is -0.487 e. The van der Waals surface area contributed by atoms with Crippen LogP contribution in [0.3, 0.4) is 0 Å². The number of rotatable bonds is 8. The molecule has 1 aromatic heterocycles. The standard InChI is InChI=1S/C22H21F2N5O3/c1-2-25-21(30)13-3-7-15(8-4-13)29-19(12-32-16-9-10-17(23)18(24)11-16)20(27-28-29)22(31)26-14-5-6-14/h3-4,7-11,14H,2,5-6,12H2,1H3,(H,25,30)(H,26,31). The van der Waals surface area contributed by atoms with Crippen molar-refractivity contribution >= 4 is 11.8 Å². The Morgan fingerprint density at radius 1 is 1.09 bits per heavy atom. The Morgan fingerprint density at radius 3 is 2.50 bits per heavy atom. The Balaban J connectivity index is 1.62. The first-order chi connectivity index (χ1) is 15.5. The molecule has 2 N–H and O–H groups in total. The van der Waals surface area contributed by atoms with Crippen LogP contribution in [-0.4, -0.2) is 39.4 Å². The fourth-order valence-corrected chi connectivity index (χ4v) is 3.03. The minimum atomic E-state index is -1.04. The Morgan fingerprint density at radius 2 is 1.84 bits per heavy atom. The van der Waals surface area contributed by atoms with Gasteiger partial charge in [0.15, 0.2) is 17.3 Å². The summed E-state index contributed by atoms with van der Waals surface area (Å²) in [6.45, 7) is 2.17. The van der Waals surface area contributed by atoms with Crippen molar-refractivity contribution in [3.63, 3.8) is 0 Å². The van der Waals surface area contributed by atoms with Crippen LogP contribution in [0, 0.1) is 11.6 Å². The number of hydrogen-bond acceptors (Lipinski definition) is 5. The second kappa shape index (κ2) is 9.13. The topological polar surface area (TPSA) is 98.1 Å². The number of amides is 2. The fourth-order valence-electron chi connectivity index (χ4n) is 3.03. The van der Waals surface area contributed by atoms with Gasteiger partial charge in [-0.2, -0.15) is 0 Å². The summed E-state index contributed by atoms with van der Waals surface area (Å²) in [7, 11) is 0. The summed E-state index contributed by atoms with van der Waals surface area (Å²) in [5.74, 6) is -2.52. The quantitative estimate of drug-likeness (QED) is 0.560. The molecule has 1 saturated carbocycles. The highest BCUT2D eigenvalue weighted by Crippen LogP contribution is 2.22. The number of halogens is 2. The molecule has 4 rings (SSSR count). The van der Waals surface area contributed by atoms with E-state index in [1.54, 1.807) is 24.3 Å². The smallest absolute Gasteiger partial charge is 0.274 e. The van der Waals surface area contributed by atoms with Gasteiger partial charge in [-0.3, -0.25) is 9.59 Å². The normalized spacial score (nSPS) is 13.0. The maximum absolute atomic E-state index is 13.5. The molecule has 2 aromatic carbocycles. The van der Waals surface area contributed by atoms with Gasteiger partial charge in [-0.15, -0.1) is 5.10 Å². The zero-order valence-electron chi connectivity index (χ0n) is 17.3. The van der Waals surface area contributed by atoms with Gasteiger partial charge in [-0.1, -0.05) is 5.21 Å². The molecule has 0 aliphatic heterocycles. The SMILES string of the molecule is CCNC(=O)c1ccc(-n2nnc(C(=O)NC3CC3)c2COc2ccc(F)c(F)c2)cc1. The molecule has 0 unspecified atom stereocenters. The van der Waals surface area contributed by atoms with E-state index < -0.39 is 11.6 Å². The van der Waals surface area contributed by atoms with E-state index in [1.165, 1.54) is 10.7 Å². The second-order valence-corrected chi connectivity index (χ2v) is 7.32. The van der Waals surface area contributed by atoms with Gasteiger partial charge < -0.3 is 15.4 Å². The van der Waals surface area contributed by atoms with Crippen LogP contribution < -0.4 is 15.4 Å². The van der Waals surface area contributed by atoms with Gasteiger partial charge in [0.05, 0.1) is 5.69 Å².